The third kappa shape index (κ3) is 4.08. The Kier molecular flexibility index (Phi) is 6.45. The molecule has 0 amide bonds. The number of nitrogens with zero attached hydrogens (tertiary/aromatic N) is 2. The molecule has 0 saturated heterocycles. The Morgan fingerprint density at radius 2 is 1.79 bits per heavy atom. The van der Waals surface area contributed by atoms with Crippen LogP contribution in [0, 0.1) is 0 Å². The molecule has 3 aromatic carbocycles. The van der Waals surface area contributed by atoms with Crippen molar-refractivity contribution in [2.45, 2.75) is 18.9 Å². The number of methoxy groups -OCH3 is 3. The molecule has 1 unspecified atom stereocenters. The molecule has 38 heavy (non-hydrogen) atoms. The number of fused-ring (bicyclic) bond motifs is 3. The molecule has 0 radical (unpaired) electrons. The van der Waals surface area contributed by atoms with E-state index >= 15 is 0 Å². The van der Waals surface area contributed by atoms with Crippen molar-refractivity contribution in [2.75, 3.05) is 21.3 Å². The number of hydrogen-bond acceptors (Lipinski definition) is 6. The van der Waals surface area contributed by atoms with Crippen LogP contribution < -0.4 is 29.1 Å². The van der Waals surface area contributed by atoms with E-state index in [0.29, 0.717) is 20.8 Å². The van der Waals surface area contributed by atoms with Crippen LogP contribution >= 0.6 is 27.3 Å². The number of benzene rings is 3. The molecule has 0 N–H and O–H groups in total. The second-order valence-electron chi connectivity index (χ2n) is 9.12. The molecule has 6 rings (SSSR count). The van der Waals surface area contributed by atoms with Crippen molar-refractivity contribution >= 4 is 39.0 Å². The fourth-order valence-corrected chi connectivity index (χ4v) is 6.60. The summed E-state index contributed by atoms with van der Waals surface area (Å²) in [6.45, 7) is 0. The zero-order chi connectivity index (χ0) is 26.4. The Bertz CT molecular complexity index is 1790. The second-order valence-corrected chi connectivity index (χ2v) is 11.0. The first-order valence-corrected chi connectivity index (χ1v) is 13.8. The van der Waals surface area contributed by atoms with E-state index in [1.165, 1.54) is 16.9 Å². The number of ether oxygens (including phenoxy) is 3. The molecule has 4 aromatic rings. The third-order valence-electron chi connectivity index (χ3n) is 7.09. The molecular weight excluding hydrogens is 564 g/mol. The van der Waals surface area contributed by atoms with Crippen LogP contribution in [-0.2, 0) is 6.42 Å². The number of aromatic nitrogens is 1. The zero-order valence-electron chi connectivity index (χ0n) is 21.2. The average Bonchev–Trinajstić information content (AvgIpc) is 3.26. The summed E-state index contributed by atoms with van der Waals surface area (Å²) in [4.78, 5) is 19.8. The van der Waals surface area contributed by atoms with Crippen molar-refractivity contribution in [1.29, 1.82) is 0 Å². The summed E-state index contributed by atoms with van der Waals surface area (Å²) in [6, 6.07) is 19.7. The van der Waals surface area contributed by atoms with Gasteiger partial charge in [-0.3, -0.25) is 9.36 Å². The fraction of sp³-hybridized carbons (Fsp3) is 0.200. The van der Waals surface area contributed by atoms with Gasteiger partial charge in [0.15, 0.2) is 16.3 Å². The standard InChI is InChI=1S/C30H25BrN2O4S/c1-35-20-10-12-23(31)19(14-20)16-26-29(34)33-28(18-9-13-24(36-2)25(15-18)37-3)22-11-8-17-6-4-5-7-21(17)27(22)32-30(33)38-26/h4-7,9-10,12-16,28H,8,11H2,1-3H3. The van der Waals surface area contributed by atoms with Gasteiger partial charge in [0.05, 0.1) is 37.6 Å². The van der Waals surface area contributed by atoms with Crippen molar-refractivity contribution in [1.82, 2.24) is 4.57 Å². The van der Waals surface area contributed by atoms with Crippen LogP contribution in [0.25, 0.3) is 11.8 Å². The van der Waals surface area contributed by atoms with E-state index in [4.69, 9.17) is 19.2 Å². The lowest BCUT2D eigenvalue weighted by molar-refractivity contribution is 0.354. The minimum absolute atomic E-state index is 0.0753. The SMILES string of the molecule is COc1ccc(Br)c(C=c2sc3n(c2=O)C(c2ccc(OC)c(OC)c2)C2=C(N=3)c3ccccc3CC2)c1. The predicted octanol–water partition coefficient (Wildman–Crippen LogP) is 5.11. The van der Waals surface area contributed by atoms with Crippen molar-refractivity contribution in [3.05, 3.63) is 113 Å². The maximum Gasteiger partial charge on any atom is 0.271 e. The lowest BCUT2D eigenvalue weighted by Crippen LogP contribution is -2.38. The molecule has 1 aliphatic carbocycles. The molecule has 8 heteroatoms. The topological polar surface area (TPSA) is 62.0 Å². The lowest BCUT2D eigenvalue weighted by atomic mass is 9.83. The molecule has 0 saturated carbocycles. The van der Waals surface area contributed by atoms with Crippen molar-refractivity contribution in [3.8, 4) is 17.2 Å². The van der Waals surface area contributed by atoms with Gasteiger partial charge in [-0.1, -0.05) is 57.6 Å². The van der Waals surface area contributed by atoms with Crippen LogP contribution in [-0.4, -0.2) is 25.9 Å². The quantitative estimate of drug-likeness (QED) is 0.325. The molecular formula is C30H25BrN2O4S. The monoisotopic (exact) mass is 588 g/mol. The van der Waals surface area contributed by atoms with E-state index < -0.39 is 0 Å². The summed E-state index contributed by atoms with van der Waals surface area (Å²) in [5.74, 6) is 2.00. The lowest BCUT2D eigenvalue weighted by Gasteiger charge is -2.31. The van der Waals surface area contributed by atoms with Gasteiger partial charge < -0.3 is 14.2 Å². The molecule has 1 atom stereocenters. The van der Waals surface area contributed by atoms with Crippen LogP contribution in [0.3, 0.4) is 0 Å². The van der Waals surface area contributed by atoms with Crippen molar-refractivity contribution in [2.24, 2.45) is 4.99 Å². The maximum atomic E-state index is 14.0. The van der Waals surface area contributed by atoms with Gasteiger partial charge in [0, 0.05) is 10.0 Å². The van der Waals surface area contributed by atoms with Gasteiger partial charge in [0.1, 0.15) is 5.75 Å². The highest BCUT2D eigenvalue weighted by Crippen LogP contribution is 2.42. The summed E-state index contributed by atoms with van der Waals surface area (Å²) >= 11 is 5.01. The van der Waals surface area contributed by atoms with Crippen LogP contribution in [0.4, 0.5) is 0 Å². The van der Waals surface area contributed by atoms with Crippen LogP contribution in [0.15, 0.2) is 80.5 Å². The number of thiazole rings is 1. The molecule has 1 aromatic heterocycles. The predicted molar refractivity (Wildman–Crippen MR) is 153 cm³/mol. The zero-order valence-corrected chi connectivity index (χ0v) is 23.6. The van der Waals surface area contributed by atoms with Gasteiger partial charge in [0.2, 0.25) is 0 Å². The molecule has 1 aliphatic heterocycles. The van der Waals surface area contributed by atoms with E-state index in [1.54, 1.807) is 21.3 Å². The summed E-state index contributed by atoms with van der Waals surface area (Å²) in [6.07, 6.45) is 3.62. The maximum absolute atomic E-state index is 14.0. The van der Waals surface area contributed by atoms with E-state index in [-0.39, 0.29) is 11.6 Å². The van der Waals surface area contributed by atoms with Gasteiger partial charge in [0.25, 0.3) is 5.56 Å². The number of halogens is 1. The summed E-state index contributed by atoms with van der Waals surface area (Å²) in [5, 5.41) is 0. The van der Waals surface area contributed by atoms with E-state index in [1.807, 2.05) is 53.1 Å². The van der Waals surface area contributed by atoms with Gasteiger partial charge in [-0.05, 0) is 71.5 Å². The Morgan fingerprint density at radius 1 is 0.974 bits per heavy atom. The fourth-order valence-electron chi connectivity index (χ4n) is 5.25. The highest BCUT2D eigenvalue weighted by Gasteiger charge is 2.33. The molecule has 6 nitrogen and oxygen atoms in total. The average molecular weight is 590 g/mol. The number of aryl methyl sites for hydroxylation is 1. The Hall–Kier alpha value is -3.62. The Morgan fingerprint density at radius 3 is 2.58 bits per heavy atom. The van der Waals surface area contributed by atoms with Crippen LogP contribution in [0.5, 0.6) is 17.2 Å². The molecule has 0 fully saturated rings. The van der Waals surface area contributed by atoms with Gasteiger partial charge in [-0.25, -0.2) is 4.99 Å². The summed E-state index contributed by atoms with van der Waals surface area (Å²) in [5.41, 5.74) is 6.26. The second kappa shape index (κ2) is 9.93. The summed E-state index contributed by atoms with van der Waals surface area (Å²) < 4.78 is 19.8. The number of allylic oxidation sites excluding steroid dienone is 1. The largest absolute Gasteiger partial charge is 0.497 e. The highest BCUT2D eigenvalue weighted by atomic mass is 79.9. The van der Waals surface area contributed by atoms with Crippen molar-refractivity contribution < 1.29 is 14.2 Å². The molecule has 0 bridgehead atoms. The van der Waals surface area contributed by atoms with E-state index in [2.05, 4.69) is 34.1 Å². The van der Waals surface area contributed by atoms with Gasteiger partial charge in [-0.2, -0.15) is 0 Å². The third-order valence-corrected chi connectivity index (χ3v) is 8.79. The Balaban J connectivity index is 1.62. The van der Waals surface area contributed by atoms with Gasteiger partial charge >= 0.3 is 0 Å². The molecule has 2 aliphatic rings. The summed E-state index contributed by atoms with van der Waals surface area (Å²) in [7, 11) is 4.88. The Labute approximate surface area is 232 Å². The smallest absolute Gasteiger partial charge is 0.271 e. The first-order chi connectivity index (χ1) is 18.5. The van der Waals surface area contributed by atoms with Gasteiger partial charge in [-0.15, -0.1) is 0 Å². The first kappa shape index (κ1) is 24.7. The molecule has 0 spiro atoms. The highest BCUT2D eigenvalue weighted by molar-refractivity contribution is 9.10. The van der Waals surface area contributed by atoms with Crippen LogP contribution in [0.2, 0.25) is 0 Å². The number of hydrogen-bond donors (Lipinski definition) is 0. The molecule has 192 valence electrons. The van der Waals surface area contributed by atoms with E-state index in [0.717, 1.165) is 51.0 Å². The normalized spacial score (nSPS) is 16.3. The number of rotatable bonds is 5. The van der Waals surface area contributed by atoms with E-state index in [9.17, 15) is 4.79 Å². The minimum atomic E-state index is -0.301. The molecule has 2 heterocycles. The minimum Gasteiger partial charge on any atom is -0.497 e. The van der Waals surface area contributed by atoms with Crippen molar-refractivity contribution in [3.63, 3.8) is 0 Å². The van der Waals surface area contributed by atoms with Crippen LogP contribution in [0.1, 0.15) is 34.7 Å². The first-order valence-electron chi connectivity index (χ1n) is 12.2.